The molecule has 0 saturated carbocycles. The van der Waals surface area contributed by atoms with Crippen LogP contribution in [-0.4, -0.2) is 68.6 Å². The smallest absolute Gasteiger partial charge is 0.381 e. The zero-order valence-corrected chi connectivity index (χ0v) is 24.4. The van der Waals surface area contributed by atoms with Crippen molar-refractivity contribution in [3.63, 3.8) is 0 Å². The Morgan fingerprint density at radius 2 is 1.84 bits per heavy atom. The molecule has 3 N–H and O–H groups in total. The summed E-state index contributed by atoms with van der Waals surface area (Å²) in [4.78, 5) is 41.6. The Morgan fingerprint density at radius 1 is 1.07 bits per heavy atom. The number of fused-ring (bicyclic) bond motifs is 3. The number of anilines is 2. The van der Waals surface area contributed by atoms with Gasteiger partial charge in [-0.05, 0) is 55.5 Å². The van der Waals surface area contributed by atoms with Gasteiger partial charge in [0.2, 0.25) is 5.91 Å². The molecule has 13 heteroatoms. The van der Waals surface area contributed by atoms with E-state index in [-0.39, 0.29) is 43.4 Å². The molecule has 45 heavy (non-hydrogen) atoms. The van der Waals surface area contributed by atoms with E-state index in [1.54, 1.807) is 18.5 Å². The second-order valence-electron chi connectivity index (χ2n) is 12.4. The summed E-state index contributed by atoms with van der Waals surface area (Å²) >= 11 is 0. The highest BCUT2D eigenvalue weighted by Crippen LogP contribution is 2.46. The minimum atomic E-state index is -4.68. The lowest BCUT2D eigenvalue weighted by Gasteiger charge is -2.35. The van der Waals surface area contributed by atoms with Crippen LogP contribution in [0.1, 0.15) is 54.0 Å². The molecule has 2 aromatic heterocycles. The zero-order valence-electron chi connectivity index (χ0n) is 24.4. The summed E-state index contributed by atoms with van der Waals surface area (Å²) in [5, 5.41) is 17.5. The molecule has 234 valence electrons. The van der Waals surface area contributed by atoms with Crippen LogP contribution in [0.2, 0.25) is 0 Å². The number of rotatable bonds is 5. The molecule has 0 bridgehead atoms. The third kappa shape index (κ3) is 4.94. The third-order valence-corrected chi connectivity index (χ3v) is 9.26. The van der Waals surface area contributed by atoms with Gasteiger partial charge >= 0.3 is 6.18 Å². The molecule has 2 amide bonds. The van der Waals surface area contributed by atoms with Gasteiger partial charge < -0.3 is 20.5 Å². The van der Waals surface area contributed by atoms with E-state index in [1.165, 1.54) is 25.1 Å². The first-order valence-corrected chi connectivity index (χ1v) is 14.8. The minimum Gasteiger partial charge on any atom is -0.381 e. The van der Waals surface area contributed by atoms with Crippen molar-refractivity contribution in [3.8, 4) is 0 Å². The average Bonchev–Trinajstić information content (AvgIpc) is 3.42. The maximum absolute atomic E-state index is 14.1. The highest BCUT2D eigenvalue weighted by Gasteiger charge is 2.52. The van der Waals surface area contributed by atoms with Crippen LogP contribution < -0.4 is 10.6 Å². The van der Waals surface area contributed by atoms with Gasteiger partial charge in [0.05, 0.1) is 17.5 Å². The van der Waals surface area contributed by atoms with Gasteiger partial charge in [-0.2, -0.15) is 13.2 Å². The maximum atomic E-state index is 14.1. The SMILES string of the molecule is CC(O)(CN1C(=O)C2(CCOCC2)N=C1c1ccccc1C(F)(F)F)Nc1cc2c(cn1)CC[C@]1(C2)C(=O)Nc2ncccc21. The fourth-order valence-electron chi connectivity index (χ4n) is 7.00. The number of hydrogen-bond donors (Lipinski definition) is 3. The number of benzene rings is 1. The fraction of sp³-hybridized carbons (Fsp3) is 0.406. The van der Waals surface area contributed by atoms with Crippen LogP contribution in [0.3, 0.4) is 0 Å². The Bertz CT molecular complexity index is 1740. The normalized spacial score (nSPS) is 23.4. The Labute approximate surface area is 256 Å². The molecule has 5 heterocycles. The predicted octanol–water partition coefficient (Wildman–Crippen LogP) is 3.83. The summed E-state index contributed by atoms with van der Waals surface area (Å²) in [6.45, 7) is 1.51. The molecule has 1 aliphatic carbocycles. The molecule has 1 fully saturated rings. The molecule has 0 radical (unpaired) electrons. The number of aliphatic imine (C=N–C) groups is 1. The number of carbonyl (C=O) groups excluding carboxylic acids is 2. The summed E-state index contributed by atoms with van der Waals surface area (Å²) in [6, 6.07) is 10.5. The molecule has 10 nitrogen and oxygen atoms in total. The number of halogens is 3. The molecule has 2 atom stereocenters. The van der Waals surface area contributed by atoms with Gasteiger partial charge in [0.25, 0.3) is 5.91 Å². The van der Waals surface area contributed by atoms with Crippen molar-refractivity contribution in [1.29, 1.82) is 0 Å². The standard InChI is InChI=1S/C32H31F3N6O4/c1-29(44,39-24-15-20-16-30(9-8-19(20)17-37-24)23-7-4-12-36-25(23)38-27(30)42)18-41-26(21-5-2-3-6-22(21)32(33,34)35)40-31(28(41)43)10-13-45-14-11-31/h2-7,12,15,17,44H,8-11,13-14,16,18H2,1H3,(H,37,39)(H,36,38,42)/t29?,30-/m1/s1. The van der Waals surface area contributed by atoms with Crippen LogP contribution in [0, 0.1) is 0 Å². The molecule has 1 saturated heterocycles. The lowest BCUT2D eigenvalue weighted by Crippen LogP contribution is -2.53. The highest BCUT2D eigenvalue weighted by molar-refractivity contribution is 6.16. The van der Waals surface area contributed by atoms with E-state index in [9.17, 15) is 27.9 Å². The van der Waals surface area contributed by atoms with E-state index in [0.717, 1.165) is 27.7 Å². The number of amides is 2. The lowest BCUT2D eigenvalue weighted by atomic mass is 9.69. The van der Waals surface area contributed by atoms with Crippen molar-refractivity contribution in [2.45, 2.75) is 61.9 Å². The molecule has 4 aliphatic rings. The van der Waals surface area contributed by atoms with Crippen LogP contribution in [-0.2, 0) is 38.8 Å². The van der Waals surface area contributed by atoms with Crippen LogP contribution in [0.4, 0.5) is 24.8 Å². The van der Waals surface area contributed by atoms with Gasteiger partial charge in [0.1, 0.15) is 23.0 Å². The Morgan fingerprint density at radius 3 is 2.62 bits per heavy atom. The number of nitrogens with one attached hydrogen (secondary N) is 2. The second kappa shape index (κ2) is 10.3. The van der Waals surface area contributed by atoms with Crippen LogP contribution >= 0.6 is 0 Å². The Hall–Kier alpha value is -4.36. The molecule has 1 aromatic carbocycles. The molecule has 1 unspecified atom stereocenters. The van der Waals surface area contributed by atoms with E-state index in [4.69, 9.17) is 4.74 Å². The van der Waals surface area contributed by atoms with Crippen molar-refractivity contribution in [1.82, 2.24) is 14.9 Å². The minimum absolute atomic E-state index is 0.110. The Balaban J connectivity index is 1.18. The van der Waals surface area contributed by atoms with Crippen molar-refractivity contribution in [2.24, 2.45) is 4.99 Å². The van der Waals surface area contributed by atoms with Crippen LogP contribution in [0.15, 0.2) is 59.9 Å². The van der Waals surface area contributed by atoms with E-state index in [0.29, 0.717) is 30.9 Å². The first kappa shape index (κ1) is 29.4. The molecule has 3 aliphatic heterocycles. The number of carbonyl (C=O) groups is 2. The quantitative estimate of drug-likeness (QED) is 0.370. The first-order chi connectivity index (χ1) is 21.4. The van der Waals surface area contributed by atoms with Crippen molar-refractivity contribution in [2.75, 3.05) is 30.4 Å². The van der Waals surface area contributed by atoms with Crippen molar-refractivity contribution in [3.05, 3.63) is 82.7 Å². The van der Waals surface area contributed by atoms with Gasteiger partial charge in [0, 0.05) is 49.6 Å². The Kier molecular flexibility index (Phi) is 6.75. The molecule has 7 rings (SSSR count). The van der Waals surface area contributed by atoms with E-state index in [1.807, 2.05) is 12.1 Å². The zero-order chi connectivity index (χ0) is 31.6. The highest BCUT2D eigenvalue weighted by atomic mass is 19.4. The summed E-state index contributed by atoms with van der Waals surface area (Å²) < 4.78 is 47.6. The first-order valence-electron chi connectivity index (χ1n) is 14.8. The van der Waals surface area contributed by atoms with Crippen LogP contribution in [0.5, 0.6) is 0 Å². The van der Waals surface area contributed by atoms with E-state index in [2.05, 4.69) is 25.6 Å². The van der Waals surface area contributed by atoms with Gasteiger partial charge in [-0.15, -0.1) is 0 Å². The molecular formula is C32H31F3N6O4. The number of pyridine rings is 2. The number of β-amino-alcohol motifs (C(OH)–C–C–N with tert-alkyl or cyclic N) is 1. The van der Waals surface area contributed by atoms with Gasteiger partial charge in [-0.25, -0.2) is 9.97 Å². The number of ether oxygens (including phenoxy) is 1. The number of aromatic nitrogens is 2. The molecule has 3 aromatic rings. The van der Waals surface area contributed by atoms with E-state index < -0.39 is 40.9 Å². The van der Waals surface area contributed by atoms with E-state index >= 15 is 0 Å². The monoisotopic (exact) mass is 620 g/mol. The number of aliphatic hydroxyl groups is 1. The summed E-state index contributed by atoms with van der Waals surface area (Å²) in [5.74, 6) is 0.114. The number of nitrogens with zero attached hydrogens (tertiary/aromatic N) is 4. The largest absolute Gasteiger partial charge is 0.417 e. The van der Waals surface area contributed by atoms with Crippen molar-refractivity contribution >= 4 is 29.3 Å². The predicted molar refractivity (Wildman–Crippen MR) is 158 cm³/mol. The lowest BCUT2D eigenvalue weighted by molar-refractivity contribution is -0.138. The number of amidine groups is 1. The topological polar surface area (TPSA) is 129 Å². The summed E-state index contributed by atoms with van der Waals surface area (Å²) in [5.41, 5.74) is -2.32. The van der Waals surface area contributed by atoms with Gasteiger partial charge in [0.15, 0.2) is 5.72 Å². The van der Waals surface area contributed by atoms with Crippen molar-refractivity contribution < 1.29 is 32.6 Å². The molecule has 2 spiro atoms. The maximum Gasteiger partial charge on any atom is 0.417 e. The molecular weight excluding hydrogens is 589 g/mol. The summed E-state index contributed by atoms with van der Waals surface area (Å²) in [7, 11) is 0. The third-order valence-electron chi connectivity index (χ3n) is 9.26. The fourth-order valence-corrected chi connectivity index (χ4v) is 7.00. The number of alkyl halides is 3. The summed E-state index contributed by atoms with van der Waals surface area (Å²) in [6.07, 6.45) is 0.711. The van der Waals surface area contributed by atoms with Gasteiger partial charge in [-0.3, -0.25) is 19.5 Å². The second-order valence-corrected chi connectivity index (χ2v) is 12.4. The average molecular weight is 621 g/mol. The van der Waals surface area contributed by atoms with Gasteiger partial charge in [-0.1, -0.05) is 24.3 Å². The van der Waals surface area contributed by atoms with Crippen LogP contribution in [0.25, 0.3) is 0 Å². The number of aryl methyl sites for hydroxylation is 1. The number of hydrogen-bond acceptors (Lipinski definition) is 8.